The number of carbonyl (C=O) groups is 3. The molecule has 0 bridgehead atoms. The maximum absolute atomic E-state index is 12.2. The van der Waals surface area contributed by atoms with E-state index in [2.05, 4.69) is 10.3 Å². The van der Waals surface area contributed by atoms with Crippen molar-refractivity contribution in [2.75, 3.05) is 12.4 Å². The van der Waals surface area contributed by atoms with Gasteiger partial charge in [-0.3, -0.25) is 9.59 Å². The van der Waals surface area contributed by atoms with Crippen LogP contribution in [-0.4, -0.2) is 30.9 Å². The molecule has 1 N–H and O–H groups in total. The number of carbonyl (C=O) groups excluding carboxylic acids is 3. The number of methoxy groups -OCH3 is 1. The number of nitrogens with one attached hydrogen (secondary N) is 1. The number of nitrogens with zero attached hydrogens (tertiary/aromatic N) is 1. The fourth-order valence-corrected chi connectivity index (χ4v) is 2.61. The van der Waals surface area contributed by atoms with Crippen molar-refractivity contribution in [3.63, 3.8) is 0 Å². The van der Waals surface area contributed by atoms with Crippen LogP contribution in [0.2, 0.25) is 0 Å². The number of amides is 1. The molecule has 148 valence electrons. The molecule has 0 fully saturated rings. The van der Waals surface area contributed by atoms with E-state index in [1.54, 1.807) is 42.5 Å². The third kappa shape index (κ3) is 4.86. The molecule has 0 aromatic heterocycles. The molecule has 1 aliphatic heterocycles. The van der Waals surface area contributed by atoms with Gasteiger partial charge in [0.2, 0.25) is 11.8 Å². The van der Waals surface area contributed by atoms with Gasteiger partial charge < -0.3 is 19.5 Å². The molecule has 0 radical (unpaired) electrons. The normalized spacial score (nSPS) is 14.2. The van der Waals surface area contributed by atoms with Crippen LogP contribution in [0.5, 0.6) is 11.5 Å². The summed E-state index contributed by atoms with van der Waals surface area (Å²) in [6.45, 7) is 2.70. The van der Waals surface area contributed by atoms with Gasteiger partial charge in [-0.1, -0.05) is 6.07 Å². The molecule has 29 heavy (non-hydrogen) atoms. The van der Waals surface area contributed by atoms with Crippen molar-refractivity contribution < 1.29 is 28.6 Å². The van der Waals surface area contributed by atoms with Gasteiger partial charge in [0.1, 0.15) is 0 Å². The van der Waals surface area contributed by atoms with Crippen LogP contribution in [-0.2, 0) is 19.1 Å². The summed E-state index contributed by atoms with van der Waals surface area (Å²) in [5.41, 5.74) is 1.90. The number of cyclic esters (lactones) is 1. The Hall–Kier alpha value is -3.94. The lowest BCUT2D eigenvalue weighted by Gasteiger charge is -2.08. The van der Waals surface area contributed by atoms with E-state index in [-0.39, 0.29) is 23.3 Å². The fourth-order valence-electron chi connectivity index (χ4n) is 2.61. The van der Waals surface area contributed by atoms with Gasteiger partial charge in [0.25, 0.3) is 0 Å². The van der Waals surface area contributed by atoms with Gasteiger partial charge in [0, 0.05) is 25.1 Å². The first-order valence-corrected chi connectivity index (χ1v) is 8.63. The molecule has 2 aromatic rings. The maximum Gasteiger partial charge on any atom is 0.363 e. The van der Waals surface area contributed by atoms with Crippen LogP contribution in [0.1, 0.15) is 25.0 Å². The lowest BCUT2D eigenvalue weighted by Crippen LogP contribution is -2.07. The molecular weight excluding hydrogens is 376 g/mol. The minimum absolute atomic E-state index is 0.102. The lowest BCUT2D eigenvalue weighted by atomic mass is 10.1. The minimum atomic E-state index is -0.601. The maximum atomic E-state index is 12.2. The summed E-state index contributed by atoms with van der Waals surface area (Å²) >= 11 is 0. The second-order valence-electron chi connectivity index (χ2n) is 6.10. The third-order valence-electron chi connectivity index (χ3n) is 3.82. The Labute approximate surface area is 166 Å². The molecule has 0 atom stereocenters. The van der Waals surface area contributed by atoms with Gasteiger partial charge >= 0.3 is 11.9 Å². The largest absolute Gasteiger partial charge is 0.493 e. The molecular formula is C21H18N2O6. The van der Waals surface area contributed by atoms with E-state index >= 15 is 0 Å². The van der Waals surface area contributed by atoms with Crippen molar-refractivity contribution in [2.45, 2.75) is 13.8 Å². The highest BCUT2D eigenvalue weighted by atomic mass is 16.6. The smallest absolute Gasteiger partial charge is 0.363 e. The third-order valence-corrected chi connectivity index (χ3v) is 3.82. The highest BCUT2D eigenvalue weighted by molar-refractivity contribution is 6.13. The predicted molar refractivity (Wildman–Crippen MR) is 106 cm³/mol. The molecule has 1 heterocycles. The van der Waals surface area contributed by atoms with E-state index < -0.39 is 11.9 Å². The molecule has 0 saturated carbocycles. The minimum Gasteiger partial charge on any atom is -0.493 e. The van der Waals surface area contributed by atoms with E-state index in [0.717, 1.165) is 0 Å². The molecule has 8 nitrogen and oxygen atoms in total. The zero-order valence-electron chi connectivity index (χ0n) is 16.0. The summed E-state index contributed by atoms with van der Waals surface area (Å²) < 4.78 is 15.5. The Morgan fingerprint density at radius 3 is 2.41 bits per heavy atom. The SMILES string of the molecule is COc1ccc(/C=C2\N=C(c3ccc(NC(C)=O)cc3)OC2=O)cc1OC(C)=O. The molecule has 2 aromatic carbocycles. The van der Waals surface area contributed by atoms with Crippen molar-refractivity contribution in [1.29, 1.82) is 0 Å². The first-order chi connectivity index (χ1) is 13.9. The van der Waals surface area contributed by atoms with Crippen LogP contribution < -0.4 is 14.8 Å². The average molecular weight is 394 g/mol. The second-order valence-corrected chi connectivity index (χ2v) is 6.10. The van der Waals surface area contributed by atoms with Crippen LogP contribution in [0.25, 0.3) is 6.08 Å². The highest BCUT2D eigenvalue weighted by Crippen LogP contribution is 2.30. The zero-order chi connectivity index (χ0) is 21.0. The first-order valence-electron chi connectivity index (χ1n) is 8.63. The second kappa shape index (κ2) is 8.39. The topological polar surface area (TPSA) is 103 Å². The van der Waals surface area contributed by atoms with Crippen molar-refractivity contribution in [3.05, 3.63) is 59.3 Å². The molecule has 3 rings (SSSR count). The molecule has 8 heteroatoms. The van der Waals surface area contributed by atoms with Crippen molar-refractivity contribution in [3.8, 4) is 11.5 Å². The van der Waals surface area contributed by atoms with Gasteiger partial charge in [-0.15, -0.1) is 0 Å². The van der Waals surface area contributed by atoms with Crippen LogP contribution in [0.4, 0.5) is 5.69 Å². The van der Waals surface area contributed by atoms with Gasteiger partial charge in [-0.25, -0.2) is 9.79 Å². The van der Waals surface area contributed by atoms with E-state index in [9.17, 15) is 14.4 Å². The van der Waals surface area contributed by atoms with Crippen LogP contribution in [0, 0.1) is 0 Å². The van der Waals surface area contributed by atoms with E-state index in [0.29, 0.717) is 22.6 Å². The predicted octanol–water partition coefficient (Wildman–Crippen LogP) is 2.92. The number of anilines is 1. The molecule has 0 saturated heterocycles. The van der Waals surface area contributed by atoms with Crippen LogP contribution >= 0.6 is 0 Å². The van der Waals surface area contributed by atoms with Crippen LogP contribution in [0.3, 0.4) is 0 Å². The molecule has 1 amide bonds. The summed E-state index contributed by atoms with van der Waals surface area (Å²) in [6, 6.07) is 11.6. The summed E-state index contributed by atoms with van der Waals surface area (Å²) in [5, 5.41) is 2.66. The van der Waals surface area contributed by atoms with E-state index in [1.807, 2.05) is 0 Å². The number of rotatable bonds is 5. The van der Waals surface area contributed by atoms with E-state index in [1.165, 1.54) is 27.0 Å². The summed E-state index contributed by atoms with van der Waals surface area (Å²) in [6.07, 6.45) is 1.52. The molecule has 0 spiro atoms. The quantitative estimate of drug-likeness (QED) is 0.475. The number of esters is 2. The first kappa shape index (κ1) is 19.8. The number of ether oxygens (including phenoxy) is 3. The summed E-state index contributed by atoms with van der Waals surface area (Å²) in [5.74, 6) is -0.491. The van der Waals surface area contributed by atoms with Crippen molar-refractivity contribution >= 4 is 35.5 Å². The van der Waals surface area contributed by atoms with Crippen molar-refractivity contribution in [2.24, 2.45) is 4.99 Å². The van der Waals surface area contributed by atoms with Crippen LogP contribution in [0.15, 0.2) is 53.2 Å². The summed E-state index contributed by atoms with van der Waals surface area (Å²) in [4.78, 5) is 38.8. The average Bonchev–Trinajstić information content (AvgIpc) is 3.02. The monoisotopic (exact) mass is 394 g/mol. The van der Waals surface area contributed by atoms with E-state index in [4.69, 9.17) is 14.2 Å². The number of aliphatic imine (C=N–C) groups is 1. The zero-order valence-corrected chi connectivity index (χ0v) is 16.0. The standard InChI is InChI=1S/C21H18N2O6/c1-12(24)22-16-7-5-15(6-8-16)20-23-17(21(26)29-20)10-14-4-9-18(27-3)19(11-14)28-13(2)25/h4-11H,1-3H3,(H,22,24)/b17-10-. The number of hydrogen-bond donors (Lipinski definition) is 1. The van der Waals surface area contributed by atoms with Gasteiger partial charge in [-0.05, 0) is 48.0 Å². The van der Waals surface area contributed by atoms with Gasteiger partial charge in [-0.2, -0.15) is 0 Å². The number of hydrogen-bond acceptors (Lipinski definition) is 7. The molecule has 1 aliphatic rings. The summed E-state index contributed by atoms with van der Waals surface area (Å²) in [7, 11) is 1.46. The molecule has 0 aliphatic carbocycles. The Morgan fingerprint density at radius 2 is 1.79 bits per heavy atom. The van der Waals surface area contributed by atoms with Gasteiger partial charge in [0.05, 0.1) is 7.11 Å². The Morgan fingerprint density at radius 1 is 1.07 bits per heavy atom. The Balaban J connectivity index is 1.86. The Kier molecular flexibility index (Phi) is 5.73. The van der Waals surface area contributed by atoms with Gasteiger partial charge in [0.15, 0.2) is 17.2 Å². The van der Waals surface area contributed by atoms with Crippen molar-refractivity contribution in [1.82, 2.24) is 0 Å². The molecule has 0 unspecified atom stereocenters. The highest BCUT2D eigenvalue weighted by Gasteiger charge is 2.24. The number of benzene rings is 2. The fraction of sp³-hybridized carbons (Fsp3) is 0.143. The lowest BCUT2D eigenvalue weighted by molar-refractivity contribution is -0.132. The Bertz CT molecular complexity index is 1040.